The summed E-state index contributed by atoms with van der Waals surface area (Å²) in [4.78, 5) is 19.2. The summed E-state index contributed by atoms with van der Waals surface area (Å²) in [6.07, 6.45) is -5.08. The lowest BCUT2D eigenvalue weighted by Gasteiger charge is -1.93. The van der Waals surface area contributed by atoms with Gasteiger partial charge in [0.1, 0.15) is 0 Å². The average molecular weight is 271 g/mol. The van der Waals surface area contributed by atoms with Gasteiger partial charge in [-0.05, 0) is 18.2 Å². The van der Waals surface area contributed by atoms with E-state index in [9.17, 15) is 18.0 Å². The molecule has 0 atom stereocenters. The molecule has 94 valence electrons. The van der Waals surface area contributed by atoms with Crippen LogP contribution >= 0.6 is 11.6 Å². The number of hydrogen-bond acceptors (Lipinski definition) is 2. The van der Waals surface area contributed by atoms with Crippen LogP contribution < -0.4 is 0 Å². The molecule has 0 unspecified atom stereocenters. The maximum atomic E-state index is 10.6. The number of halogens is 4. The number of carboxylic acid groups (broad SMARTS) is 2. The first-order valence-electron chi connectivity index (χ1n) is 3.93. The predicted molar refractivity (Wildman–Crippen MR) is 52.1 cm³/mol. The third-order valence-corrected chi connectivity index (χ3v) is 1.55. The Bertz CT molecular complexity index is 417. The molecule has 8 heteroatoms. The van der Waals surface area contributed by atoms with Gasteiger partial charge in [-0.15, -0.1) is 0 Å². The first kappa shape index (κ1) is 15.2. The molecule has 4 nitrogen and oxygen atoms in total. The molecule has 0 bridgehead atoms. The van der Waals surface area contributed by atoms with Crippen molar-refractivity contribution in [2.24, 2.45) is 0 Å². The molecule has 0 aliphatic heterocycles. The highest BCUT2D eigenvalue weighted by molar-refractivity contribution is 6.30. The Kier molecular flexibility index (Phi) is 5.46. The zero-order valence-corrected chi connectivity index (χ0v) is 8.79. The smallest absolute Gasteiger partial charge is 0.478 e. The van der Waals surface area contributed by atoms with Crippen molar-refractivity contribution >= 4 is 23.5 Å². The number of alkyl halides is 3. The standard InChI is InChI=1S/C7H5ClO2.C2HF3O2/c8-6-3-1-2-5(4-6)7(9)10;3-2(4,5)1(6)7/h1-4H,(H,9,10);(H,6,7). The molecular weight excluding hydrogens is 265 g/mol. The Labute approximate surface area is 98.2 Å². The van der Waals surface area contributed by atoms with E-state index in [1.54, 1.807) is 12.1 Å². The fourth-order valence-electron chi connectivity index (χ4n) is 0.622. The molecule has 0 heterocycles. The van der Waals surface area contributed by atoms with E-state index in [1.165, 1.54) is 12.1 Å². The van der Waals surface area contributed by atoms with Crippen LogP contribution in [0, 0.1) is 0 Å². The summed E-state index contributed by atoms with van der Waals surface area (Å²) < 4.78 is 31.7. The van der Waals surface area contributed by atoms with Crippen molar-refractivity contribution in [2.45, 2.75) is 6.18 Å². The first-order valence-corrected chi connectivity index (χ1v) is 4.31. The van der Waals surface area contributed by atoms with Crippen molar-refractivity contribution in [3.63, 3.8) is 0 Å². The number of benzene rings is 1. The van der Waals surface area contributed by atoms with Crippen LogP contribution in [0.15, 0.2) is 24.3 Å². The van der Waals surface area contributed by atoms with Crippen molar-refractivity contribution in [3.8, 4) is 0 Å². The maximum Gasteiger partial charge on any atom is 0.490 e. The van der Waals surface area contributed by atoms with Gasteiger partial charge in [0, 0.05) is 5.02 Å². The van der Waals surface area contributed by atoms with Crippen molar-refractivity contribution in [1.29, 1.82) is 0 Å². The van der Waals surface area contributed by atoms with Gasteiger partial charge in [-0.2, -0.15) is 13.2 Å². The number of aliphatic carboxylic acids is 1. The third kappa shape index (κ3) is 6.41. The summed E-state index contributed by atoms with van der Waals surface area (Å²) in [7, 11) is 0. The van der Waals surface area contributed by atoms with Gasteiger partial charge in [0.15, 0.2) is 0 Å². The first-order chi connectivity index (χ1) is 7.64. The lowest BCUT2D eigenvalue weighted by Crippen LogP contribution is -2.21. The van der Waals surface area contributed by atoms with E-state index in [0.29, 0.717) is 5.02 Å². The molecule has 2 N–H and O–H groups in total. The van der Waals surface area contributed by atoms with E-state index in [-0.39, 0.29) is 5.56 Å². The van der Waals surface area contributed by atoms with E-state index >= 15 is 0 Å². The molecule has 1 rings (SSSR count). The molecule has 1 aromatic rings. The largest absolute Gasteiger partial charge is 0.490 e. The summed E-state index contributed by atoms with van der Waals surface area (Å²) >= 11 is 5.53. The van der Waals surface area contributed by atoms with Crippen LogP contribution in [-0.2, 0) is 4.79 Å². The molecule has 0 fully saturated rings. The average Bonchev–Trinajstić information content (AvgIpc) is 2.17. The molecule has 1 aromatic carbocycles. The van der Waals surface area contributed by atoms with E-state index in [1.807, 2.05) is 0 Å². The van der Waals surface area contributed by atoms with Crippen LogP contribution in [0.3, 0.4) is 0 Å². The maximum absolute atomic E-state index is 10.6. The Balaban J connectivity index is 0.000000325. The molecule has 0 spiro atoms. The quantitative estimate of drug-likeness (QED) is 0.823. The highest BCUT2D eigenvalue weighted by Crippen LogP contribution is 2.13. The topological polar surface area (TPSA) is 74.6 Å². The van der Waals surface area contributed by atoms with Gasteiger partial charge in [0.05, 0.1) is 5.56 Å². The third-order valence-electron chi connectivity index (χ3n) is 1.31. The second-order valence-corrected chi connectivity index (χ2v) is 3.05. The van der Waals surface area contributed by atoms with E-state index in [0.717, 1.165) is 0 Å². The van der Waals surface area contributed by atoms with Crippen LogP contribution in [-0.4, -0.2) is 28.3 Å². The molecule has 0 amide bonds. The van der Waals surface area contributed by atoms with Gasteiger partial charge in [0.2, 0.25) is 0 Å². The number of rotatable bonds is 1. The minimum absolute atomic E-state index is 0.215. The molecule has 0 aliphatic rings. The van der Waals surface area contributed by atoms with Gasteiger partial charge in [-0.3, -0.25) is 0 Å². The van der Waals surface area contributed by atoms with Crippen LogP contribution in [0.25, 0.3) is 0 Å². The number of hydrogen-bond donors (Lipinski definition) is 2. The lowest BCUT2D eigenvalue weighted by atomic mass is 10.2. The number of carbonyl (C=O) groups is 2. The minimum atomic E-state index is -5.08. The van der Waals surface area contributed by atoms with Gasteiger partial charge < -0.3 is 10.2 Å². The zero-order valence-electron chi connectivity index (χ0n) is 8.03. The highest BCUT2D eigenvalue weighted by Gasteiger charge is 2.38. The zero-order chi connectivity index (χ0) is 13.6. The Hall–Kier alpha value is -1.76. The Morgan fingerprint density at radius 3 is 1.88 bits per heavy atom. The Morgan fingerprint density at radius 2 is 1.65 bits per heavy atom. The second kappa shape index (κ2) is 6.09. The summed E-state index contributed by atoms with van der Waals surface area (Å²) in [5, 5.41) is 16.0. The molecule has 0 saturated carbocycles. The molecule has 0 radical (unpaired) electrons. The van der Waals surface area contributed by atoms with Gasteiger partial charge in [-0.1, -0.05) is 17.7 Å². The van der Waals surface area contributed by atoms with Crippen molar-refractivity contribution in [2.75, 3.05) is 0 Å². The molecular formula is C9H6ClF3O4. The van der Waals surface area contributed by atoms with Crippen LogP contribution in [0.2, 0.25) is 5.02 Å². The van der Waals surface area contributed by atoms with Crippen molar-refractivity contribution < 1.29 is 33.0 Å². The fourth-order valence-corrected chi connectivity index (χ4v) is 0.812. The van der Waals surface area contributed by atoms with Gasteiger partial charge in [-0.25, -0.2) is 9.59 Å². The van der Waals surface area contributed by atoms with Crippen molar-refractivity contribution in [3.05, 3.63) is 34.9 Å². The van der Waals surface area contributed by atoms with Gasteiger partial charge >= 0.3 is 18.1 Å². The molecule has 0 saturated heterocycles. The summed E-state index contributed by atoms with van der Waals surface area (Å²) in [5.41, 5.74) is 0.215. The summed E-state index contributed by atoms with van der Waals surface area (Å²) in [6, 6.07) is 6.14. The van der Waals surface area contributed by atoms with Crippen LogP contribution in [0.4, 0.5) is 13.2 Å². The summed E-state index contributed by atoms with van der Waals surface area (Å²) in [5.74, 6) is -3.71. The van der Waals surface area contributed by atoms with E-state index in [2.05, 4.69) is 0 Å². The van der Waals surface area contributed by atoms with Crippen LogP contribution in [0.1, 0.15) is 10.4 Å². The second-order valence-electron chi connectivity index (χ2n) is 2.62. The predicted octanol–water partition coefficient (Wildman–Crippen LogP) is 2.67. The van der Waals surface area contributed by atoms with Gasteiger partial charge in [0.25, 0.3) is 0 Å². The van der Waals surface area contributed by atoms with E-state index < -0.39 is 18.1 Å². The van der Waals surface area contributed by atoms with Crippen molar-refractivity contribution in [1.82, 2.24) is 0 Å². The molecule has 0 aromatic heterocycles. The summed E-state index contributed by atoms with van der Waals surface area (Å²) in [6.45, 7) is 0. The van der Waals surface area contributed by atoms with Crippen LogP contribution in [0.5, 0.6) is 0 Å². The highest BCUT2D eigenvalue weighted by atomic mass is 35.5. The number of aromatic carboxylic acids is 1. The fraction of sp³-hybridized carbons (Fsp3) is 0.111. The minimum Gasteiger partial charge on any atom is -0.478 e. The number of carboxylic acids is 2. The monoisotopic (exact) mass is 270 g/mol. The lowest BCUT2D eigenvalue weighted by molar-refractivity contribution is -0.192. The SMILES string of the molecule is O=C(O)C(F)(F)F.O=C(O)c1cccc(Cl)c1. The molecule has 0 aliphatic carbocycles. The normalized spacial score (nSPS) is 10.1. The Morgan fingerprint density at radius 1 is 1.18 bits per heavy atom. The molecule has 17 heavy (non-hydrogen) atoms. The van der Waals surface area contributed by atoms with E-state index in [4.69, 9.17) is 26.6 Å².